The largest absolute Gasteiger partial charge is 0.331 e. The third-order valence-electron chi connectivity index (χ3n) is 5.43. The summed E-state index contributed by atoms with van der Waals surface area (Å²) < 4.78 is 11.3. The highest BCUT2D eigenvalue weighted by atomic mass is 31.2. The zero-order chi connectivity index (χ0) is 19.0. The second kappa shape index (κ2) is 15.2. The summed E-state index contributed by atoms with van der Waals surface area (Å²) in [6.07, 6.45) is 21.8. The van der Waals surface area contributed by atoms with Gasteiger partial charge in [-0.1, -0.05) is 110 Å². The molecule has 0 saturated heterocycles. The molecular weight excluding hydrogens is 331 g/mol. The average Bonchev–Trinajstić information content (AvgIpc) is 2.53. The van der Waals surface area contributed by atoms with Crippen LogP contribution in [0.5, 0.6) is 0 Å². The predicted octanol–water partition coefficient (Wildman–Crippen LogP) is 7.59. The molecule has 0 radical (unpaired) electrons. The van der Waals surface area contributed by atoms with Crippen LogP contribution in [0.3, 0.4) is 0 Å². The Balaban J connectivity index is 3.23. The third kappa shape index (κ3) is 15.0. The molecule has 0 unspecified atom stereocenters. The first kappa shape index (κ1) is 25.1. The summed E-state index contributed by atoms with van der Waals surface area (Å²) in [5.74, 6) is 0. The Bertz CT molecular complexity index is 336. The van der Waals surface area contributed by atoms with E-state index >= 15 is 0 Å². The maximum absolute atomic E-state index is 11.3. The first-order valence-electron chi connectivity index (χ1n) is 10.9. The van der Waals surface area contributed by atoms with Gasteiger partial charge in [0.1, 0.15) is 0 Å². The molecule has 0 atom stereocenters. The SMILES string of the molecule is CCCCCCCCCCCCCCCCCCC(C)(C)P(=O)(O)O. The molecule has 0 aliphatic rings. The minimum absolute atomic E-state index is 0.621. The number of hydrogen-bond donors (Lipinski definition) is 2. The van der Waals surface area contributed by atoms with Gasteiger partial charge in [0.05, 0.1) is 5.16 Å². The van der Waals surface area contributed by atoms with Crippen molar-refractivity contribution in [1.29, 1.82) is 0 Å². The van der Waals surface area contributed by atoms with Crippen LogP contribution >= 0.6 is 7.60 Å². The van der Waals surface area contributed by atoms with Crippen molar-refractivity contribution in [3.05, 3.63) is 0 Å². The van der Waals surface area contributed by atoms with E-state index in [2.05, 4.69) is 6.92 Å². The summed E-state index contributed by atoms with van der Waals surface area (Å²) in [5, 5.41) is -0.858. The van der Waals surface area contributed by atoms with Gasteiger partial charge in [-0.2, -0.15) is 0 Å². The summed E-state index contributed by atoms with van der Waals surface area (Å²) in [5.41, 5.74) is 0. The van der Waals surface area contributed by atoms with E-state index in [9.17, 15) is 14.4 Å². The molecule has 25 heavy (non-hydrogen) atoms. The molecular formula is C21H45O3P. The summed E-state index contributed by atoms with van der Waals surface area (Å²) in [6.45, 7) is 5.63. The summed E-state index contributed by atoms with van der Waals surface area (Å²) in [7, 11) is -3.96. The highest BCUT2D eigenvalue weighted by Crippen LogP contribution is 2.52. The van der Waals surface area contributed by atoms with Crippen molar-refractivity contribution in [2.75, 3.05) is 0 Å². The molecule has 0 saturated carbocycles. The van der Waals surface area contributed by atoms with Crippen LogP contribution in [0, 0.1) is 0 Å². The van der Waals surface area contributed by atoms with Gasteiger partial charge in [0.2, 0.25) is 0 Å². The molecule has 0 rings (SSSR count). The molecule has 0 aliphatic heterocycles. The van der Waals surface area contributed by atoms with E-state index in [1.807, 2.05) is 0 Å². The summed E-state index contributed by atoms with van der Waals surface area (Å²) in [6, 6.07) is 0. The molecule has 0 aromatic heterocycles. The van der Waals surface area contributed by atoms with Gasteiger partial charge in [0, 0.05) is 0 Å². The summed E-state index contributed by atoms with van der Waals surface area (Å²) >= 11 is 0. The highest BCUT2D eigenvalue weighted by molar-refractivity contribution is 7.53. The van der Waals surface area contributed by atoms with Crippen molar-refractivity contribution >= 4 is 7.60 Å². The molecule has 0 aromatic rings. The number of rotatable bonds is 18. The maximum atomic E-state index is 11.3. The van der Waals surface area contributed by atoms with Crippen molar-refractivity contribution in [3.8, 4) is 0 Å². The normalized spacial score (nSPS) is 12.7. The first-order chi connectivity index (χ1) is 11.8. The van der Waals surface area contributed by atoms with Gasteiger partial charge in [-0.15, -0.1) is 0 Å². The lowest BCUT2D eigenvalue weighted by molar-refractivity contribution is 0.326. The van der Waals surface area contributed by atoms with Crippen LogP contribution in [0.1, 0.15) is 130 Å². The Morgan fingerprint density at radius 1 is 0.600 bits per heavy atom. The molecule has 0 aromatic carbocycles. The van der Waals surface area contributed by atoms with Crippen LogP contribution in [0.2, 0.25) is 0 Å². The van der Waals surface area contributed by atoms with Gasteiger partial charge >= 0.3 is 7.60 Å². The minimum atomic E-state index is -3.96. The molecule has 4 heteroatoms. The zero-order valence-electron chi connectivity index (χ0n) is 17.3. The van der Waals surface area contributed by atoms with E-state index in [4.69, 9.17) is 0 Å². The molecule has 0 aliphatic carbocycles. The Labute approximate surface area is 157 Å². The fraction of sp³-hybridized carbons (Fsp3) is 1.00. The number of hydrogen-bond acceptors (Lipinski definition) is 1. The second-order valence-electron chi connectivity index (χ2n) is 8.41. The van der Waals surface area contributed by atoms with E-state index in [-0.39, 0.29) is 0 Å². The topological polar surface area (TPSA) is 57.5 Å². The maximum Gasteiger partial charge on any atom is 0.331 e. The van der Waals surface area contributed by atoms with Crippen molar-refractivity contribution in [2.24, 2.45) is 0 Å². The van der Waals surface area contributed by atoms with Gasteiger partial charge in [0.15, 0.2) is 0 Å². The Kier molecular flexibility index (Phi) is 15.3. The van der Waals surface area contributed by atoms with Crippen LogP contribution in [-0.2, 0) is 4.57 Å². The first-order valence-corrected chi connectivity index (χ1v) is 12.5. The fourth-order valence-electron chi connectivity index (χ4n) is 3.25. The van der Waals surface area contributed by atoms with Gasteiger partial charge in [-0.3, -0.25) is 4.57 Å². The van der Waals surface area contributed by atoms with Gasteiger partial charge in [0.25, 0.3) is 0 Å². The van der Waals surface area contributed by atoms with Gasteiger partial charge in [-0.05, 0) is 20.3 Å². The monoisotopic (exact) mass is 376 g/mol. The Hall–Kier alpha value is 0.150. The van der Waals surface area contributed by atoms with E-state index in [0.717, 1.165) is 12.8 Å². The third-order valence-corrected chi connectivity index (χ3v) is 7.23. The smallest absolute Gasteiger partial charge is 0.324 e. The van der Waals surface area contributed by atoms with Gasteiger partial charge in [-0.25, -0.2) is 0 Å². The predicted molar refractivity (Wildman–Crippen MR) is 110 cm³/mol. The molecule has 0 bridgehead atoms. The lowest BCUT2D eigenvalue weighted by Crippen LogP contribution is -2.19. The van der Waals surface area contributed by atoms with Crippen molar-refractivity contribution < 1.29 is 14.4 Å². The quantitative estimate of drug-likeness (QED) is 0.191. The molecule has 0 amide bonds. The van der Waals surface area contributed by atoms with Crippen LogP contribution in [-0.4, -0.2) is 14.9 Å². The van der Waals surface area contributed by atoms with Gasteiger partial charge < -0.3 is 9.79 Å². The molecule has 0 heterocycles. The Morgan fingerprint density at radius 3 is 1.16 bits per heavy atom. The molecule has 0 spiro atoms. The van der Waals surface area contributed by atoms with Crippen molar-refractivity contribution in [2.45, 2.75) is 135 Å². The van der Waals surface area contributed by atoms with E-state index in [0.29, 0.717) is 6.42 Å². The number of unbranched alkanes of at least 4 members (excludes halogenated alkanes) is 15. The second-order valence-corrected chi connectivity index (χ2v) is 10.7. The standard InChI is InChI=1S/C21H45O3P/c1-4-5-6-7-8-9-10-11-12-13-14-15-16-17-18-19-20-21(2,3)25(22,23)24/h4-20H2,1-3H3,(H2,22,23,24). The zero-order valence-corrected chi connectivity index (χ0v) is 18.2. The van der Waals surface area contributed by atoms with E-state index in [1.165, 1.54) is 89.9 Å². The lowest BCUT2D eigenvalue weighted by Gasteiger charge is -2.25. The van der Waals surface area contributed by atoms with Crippen LogP contribution in [0.4, 0.5) is 0 Å². The molecule has 0 fully saturated rings. The highest BCUT2D eigenvalue weighted by Gasteiger charge is 2.36. The molecule has 3 nitrogen and oxygen atoms in total. The average molecular weight is 377 g/mol. The fourth-order valence-corrected chi connectivity index (χ4v) is 3.70. The van der Waals surface area contributed by atoms with Crippen LogP contribution in [0.25, 0.3) is 0 Å². The van der Waals surface area contributed by atoms with E-state index in [1.54, 1.807) is 13.8 Å². The van der Waals surface area contributed by atoms with Crippen molar-refractivity contribution in [3.63, 3.8) is 0 Å². The molecule has 2 N–H and O–H groups in total. The Morgan fingerprint density at radius 2 is 0.880 bits per heavy atom. The van der Waals surface area contributed by atoms with Crippen LogP contribution < -0.4 is 0 Å². The van der Waals surface area contributed by atoms with Crippen molar-refractivity contribution in [1.82, 2.24) is 0 Å². The summed E-state index contributed by atoms with van der Waals surface area (Å²) in [4.78, 5) is 18.6. The lowest BCUT2D eigenvalue weighted by atomic mass is 10.0. The molecule has 152 valence electrons. The van der Waals surface area contributed by atoms with Crippen LogP contribution in [0.15, 0.2) is 0 Å². The minimum Gasteiger partial charge on any atom is -0.324 e. The van der Waals surface area contributed by atoms with E-state index < -0.39 is 12.8 Å².